The fourth-order valence-corrected chi connectivity index (χ4v) is 3.18. The molecule has 0 bridgehead atoms. The van der Waals surface area contributed by atoms with E-state index in [0.717, 1.165) is 34.3 Å². The quantitative estimate of drug-likeness (QED) is 0.569. The highest BCUT2D eigenvalue weighted by molar-refractivity contribution is 5.96. The molecular formula is C18H15N3O2. The number of pyridine rings is 2. The predicted octanol–water partition coefficient (Wildman–Crippen LogP) is 3.48. The molecule has 0 radical (unpaired) electrons. The molecule has 1 aromatic heterocycles. The van der Waals surface area contributed by atoms with Crippen LogP contribution in [0.1, 0.15) is 12.6 Å². The van der Waals surface area contributed by atoms with Gasteiger partial charge in [0.05, 0.1) is 5.52 Å². The van der Waals surface area contributed by atoms with Gasteiger partial charge in [-0.25, -0.2) is 4.79 Å². The van der Waals surface area contributed by atoms with E-state index in [9.17, 15) is 4.79 Å². The minimum atomic E-state index is -0.375. The van der Waals surface area contributed by atoms with Crippen LogP contribution in [0.3, 0.4) is 0 Å². The van der Waals surface area contributed by atoms with E-state index in [4.69, 9.17) is 4.52 Å². The topological polar surface area (TPSA) is 60.9 Å². The predicted molar refractivity (Wildman–Crippen MR) is 88.5 cm³/mol. The maximum atomic E-state index is 12.0. The van der Waals surface area contributed by atoms with Crippen molar-refractivity contribution in [3.8, 4) is 22.4 Å². The zero-order valence-electron chi connectivity index (χ0n) is 12.9. The molecule has 5 nitrogen and oxygen atoms in total. The summed E-state index contributed by atoms with van der Waals surface area (Å²) in [5, 5.41) is 4.90. The summed E-state index contributed by atoms with van der Waals surface area (Å²) in [4.78, 5) is 16.0. The number of nitrogens with zero attached hydrogens (tertiary/aromatic N) is 3. The zero-order chi connectivity index (χ0) is 16.0. The largest absolute Gasteiger partial charge is 0.369 e. The third-order valence-electron chi connectivity index (χ3n) is 4.30. The number of hydrogen-bond acceptors (Lipinski definition) is 4. The molecule has 114 valence electrons. The maximum Gasteiger partial charge on any atom is 0.369 e. The van der Waals surface area contributed by atoms with Crippen LogP contribution < -0.4 is 5.63 Å². The normalized spacial score (nSPS) is 11.4. The van der Waals surface area contributed by atoms with Crippen LogP contribution in [0.25, 0.3) is 33.3 Å². The minimum Gasteiger partial charge on any atom is -0.344 e. The van der Waals surface area contributed by atoms with Gasteiger partial charge >= 0.3 is 5.63 Å². The molecule has 2 aliphatic heterocycles. The van der Waals surface area contributed by atoms with Gasteiger partial charge in [-0.3, -0.25) is 4.98 Å². The average molecular weight is 305 g/mol. The average Bonchev–Trinajstić information content (AvgIpc) is 2.98. The van der Waals surface area contributed by atoms with E-state index >= 15 is 0 Å². The summed E-state index contributed by atoms with van der Waals surface area (Å²) in [6.45, 7) is 4.76. The summed E-state index contributed by atoms with van der Waals surface area (Å²) in [6, 6.07) is 10.1. The lowest BCUT2D eigenvalue weighted by molar-refractivity contribution is 0.397. The summed E-state index contributed by atoms with van der Waals surface area (Å²) < 4.78 is 7.02. The Bertz CT molecular complexity index is 1030. The van der Waals surface area contributed by atoms with Crippen molar-refractivity contribution in [2.45, 2.75) is 20.4 Å². The van der Waals surface area contributed by atoms with E-state index in [1.54, 1.807) is 12.4 Å². The fourth-order valence-electron chi connectivity index (χ4n) is 3.18. The van der Waals surface area contributed by atoms with Crippen molar-refractivity contribution in [2.24, 2.45) is 0 Å². The van der Waals surface area contributed by atoms with Crippen LogP contribution in [0.5, 0.6) is 0 Å². The molecule has 0 saturated heterocycles. The first-order chi connectivity index (χ1) is 11.2. The highest BCUT2D eigenvalue weighted by atomic mass is 16.5. The molecule has 23 heavy (non-hydrogen) atoms. The smallest absolute Gasteiger partial charge is 0.344 e. The number of benzene rings is 1. The van der Waals surface area contributed by atoms with Gasteiger partial charge in [-0.15, -0.1) is 0 Å². The Morgan fingerprint density at radius 2 is 1.91 bits per heavy atom. The van der Waals surface area contributed by atoms with Gasteiger partial charge in [-0.1, -0.05) is 11.2 Å². The van der Waals surface area contributed by atoms with Gasteiger partial charge in [-0.05, 0) is 49.2 Å². The first-order valence-electron chi connectivity index (χ1n) is 7.53. The highest BCUT2D eigenvalue weighted by Gasteiger charge is 2.22. The molecule has 1 aromatic carbocycles. The molecule has 0 aliphatic carbocycles. The number of aryl methyl sites for hydroxylation is 1. The first kappa shape index (κ1) is 13.7. The van der Waals surface area contributed by atoms with Crippen LogP contribution in [0.4, 0.5) is 0 Å². The zero-order valence-corrected chi connectivity index (χ0v) is 12.9. The Morgan fingerprint density at radius 3 is 2.65 bits per heavy atom. The minimum absolute atomic E-state index is 0.375. The number of fused-ring (bicyclic) bond motifs is 3. The van der Waals surface area contributed by atoms with Gasteiger partial charge in [0.15, 0.2) is 0 Å². The Kier molecular flexibility index (Phi) is 3.01. The third kappa shape index (κ3) is 1.97. The van der Waals surface area contributed by atoms with E-state index < -0.39 is 0 Å². The fraction of sp³-hybridized carbons (Fsp3) is 0.167. The van der Waals surface area contributed by atoms with Crippen molar-refractivity contribution in [2.75, 3.05) is 0 Å². The van der Waals surface area contributed by atoms with Crippen molar-refractivity contribution >= 4 is 10.9 Å². The van der Waals surface area contributed by atoms with Crippen molar-refractivity contribution in [1.29, 1.82) is 0 Å². The van der Waals surface area contributed by atoms with Gasteiger partial charge in [0.25, 0.3) is 0 Å². The lowest BCUT2D eigenvalue weighted by Gasteiger charge is -2.17. The van der Waals surface area contributed by atoms with Gasteiger partial charge in [-0.2, -0.15) is 0 Å². The van der Waals surface area contributed by atoms with E-state index in [2.05, 4.69) is 27.7 Å². The highest BCUT2D eigenvalue weighted by Crippen LogP contribution is 2.33. The van der Waals surface area contributed by atoms with Crippen LogP contribution in [0.2, 0.25) is 0 Å². The number of aromatic nitrogens is 3. The Hall–Kier alpha value is -2.95. The van der Waals surface area contributed by atoms with Crippen molar-refractivity contribution in [1.82, 2.24) is 14.7 Å². The summed E-state index contributed by atoms with van der Waals surface area (Å²) in [6.07, 6.45) is 3.56. The first-order valence-corrected chi connectivity index (χ1v) is 7.53. The van der Waals surface area contributed by atoms with Crippen LogP contribution in [0, 0.1) is 6.92 Å². The number of hydrogen-bond donors (Lipinski definition) is 0. The molecular weight excluding hydrogens is 290 g/mol. The van der Waals surface area contributed by atoms with Crippen LogP contribution in [0.15, 0.2) is 52.0 Å². The van der Waals surface area contributed by atoms with Crippen LogP contribution >= 0.6 is 0 Å². The van der Waals surface area contributed by atoms with Crippen LogP contribution in [-0.2, 0) is 6.54 Å². The van der Waals surface area contributed by atoms with Crippen molar-refractivity contribution < 1.29 is 4.52 Å². The molecule has 0 atom stereocenters. The molecule has 4 rings (SSSR count). The number of rotatable bonds is 2. The monoisotopic (exact) mass is 305 g/mol. The maximum absolute atomic E-state index is 12.0. The van der Waals surface area contributed by atoms with E-state index in [1.807, 2.05) is 31.2 Å². The molecule has 0 amide bonds. The molecule has 0 N–H and O–H groups in total. The second-order valence-corrected chi connectivity index (χ2v) is 5.49. The standard InChI is InChI=1S/C18H15N3O2/c1-3-21-11(2)16-17(20-23-18(16)22)14-5-4-13(10-15(14)21)12-6-8-19-9-7-12/h4-10H,3H2,1-2H3. The lowest BCUT2D eigenvalue weighted by Crippen LogP contribution is -2.10. The van der Waals surface area contributed by atoms with E-state index in [-0.39, 0.29) is 5.63 Å². The Morgan fingerprint density at radius 1 is 1.13 bits per heavy atom. The SMILES string of the molecule is CCn1c(C)c2c(=O)onc-2c2ccc(-c3ccncc3)cc21. The lowest BCUT2D eigenvalue weighted by atomic mass is 10.00. The summed E-state index contributed by atoms with van der Waals surface area (Å²) in [5.41, 5.74) is 4.95. The second kappa shape index (κ2) is 5.05. The molecule has 5 heteroatoms. The van der Waals surface area contributed by atoms with Gasteiger partial charge < -0.3 is 9.09 Å². The molecule has 2 aliphatic rings. The summed E-state index contributed by atoms with van der Waals surface area (Å²) in [7, 11) is 0. The van der Waals surface area contributed by atoms with Crippen molar-refractivity contribution in [3.05, 3.63) is 58.8 Å². The van der Waals surface area contributed by atoms with Crippen molar-refractivity contribution in [3.63, 3.8) is 0 Å². The second-order valence-electron chi connectivity index (χ2n) is 5.49. The van der Waals surface area contributed by atoms with Crippen LogP contribution in [-0.4, -0.2) is 14.7 Å². The summed E-state index contributed by atoms with van der Waals surface area (Å²) in [5.74, 6) is 0. The molecule has 0 fully saturated rings. The van der Waals surface area contributed by atoms with Gasteiger partial charge in [0, 0.05) is 30.0 Å². The van der Waals surface area contributed by atoms with Gasteiger partial charge in [0.2, 0.25) is 0 Å². The Labute approximate surface area is 132 Å². The van der Waals surface area contributed by atoms with Gasteiger partial charge in [0.1, 0.15) is 11.3 Å². The van der Waals surface area contributed by atoms with E-state index in [0.29, 0.717) is 11.3 Å². The summed E-state index contributed by atoms with van der Waals surface area (Å²) >= 11 is 0. The third-order valence-corrected chi connectivity index (χ3v) is 4.30. The molecule has 0 spiro atoms. The molecule has 3 heterocycles. The van der Waals surface area contributed by atoms with E-state index in [1.165, 1.54) is 0 Å². The Balaban J connectivity index is 2.11. The molecule has 2 aromatic rings. The molecule has 0 saturated carbocycles. The molecule has 0 unspecified atom stereocenters.